The summed E-state index contributed by atoms with van der Waals surface area (Å²) < 4.78 is 4.82. The van der Waals surface area contributed by atoms with Crippen LogP contribution in [0.2, 0.25) is 0 Å². The molecule has 0 bridgehead atoms. The number of aromatic hydroxyl groups is 2. The standard InChI is InChI=1S/C11H13NO6/c1-5(9(12)10(15)16)18-11(17)6-2-3-7(13)8(14)4-6/h2-5,9,13-14H,12H2,1H3,(H,15,16)/t5-,9-/m0/s1. The Kier molecular flexibility index (Phi) is 4.11. The largest absolute Gasteiger partial charge is 0.504 e. The van der Waals surface area contributed by atoms with Gasteiger partial charge < -0.3 is 25.8 Å². The number of aliphatic carboxylic acids is 1. The van der Waals surface area contributed by atoms with E-state index in [0.29, 0.717) is 0 Å². The number of ether oxygens (including phenoxy) is 1. The van der Waals surface area contributed by atoms with Gasteiger partial charge in [0, 0.05) is 0 Å². The van der Waals surface area contributed by atoms with Crippen molar-refractivity contribution < 1.29 is 29.6 Å². The molecule has 2 atom stereocenters. The lowest BCUT2D eigenvalue weighted by Crippen LogP contribution is -2.42. The van der Waals surface area contributed by atoms with E-state index >= 15 is 0 Å². The molecule has 1 rings (SSSR count). The van der Waals surface area contributed by atoms with Crippen LogP contribution in [0.4, 0.5) is 0 Å². The summed E-state index contributed by atoms with van der Waals surface area (Å²) in [5.74, 6) is -2.97. The summed E-state index contributed by atoms with van der Waals surface area (Å²) in [5.41, 5.74) is 5.26. The topological polar surface area (TPSA) is 130 Å². The number of hydrogen-bond acceptors (Lipinski definition) is 6. The van der Waals surface area contributed by atoms with E-state index in [1.54, 1.807) is 0 Å². The van der Waals surface area contributed by atoms with E-state index in [4.69, 9.17) is 20.7 Å². The number of carboxylic acids is 1. The highest BCUT2D eigenvalue weighted by Crippen LogP contribution is 2.25. The molecule has 1 aromatic carbocycles. The summed E-state index contributed by atoms with van der Waals surface area (Å²) in [6.07, 6.45) is -1.02. The SMILES string of the molecule is C[C@H](OC(=O)c1ccc(O)c(O)c1)[C@H](N)C(=O)O. The van der Waals surface area contributed by atoms with Gasteiger partial charge in [-0.3, -0.25) is 4.79 Å². The minimum atomic E-state index is -1.33. The molecule has 7 heteroatoms. The first-order valence-corrected chi connectivity index (χ1v) is 5.04. The minimum Gasteiger partial charge on any atom is -0.504 e. The summed E-state index contributed by atoms with van der Waals surface area (Å²) in [5, 5.41) is 26.9. The Balaban J connectivity index is 2.76. The molecule has 0 spiro atoms. The Morgan fingerprint density at radius 3 is 2.39 bits per heavy atom. The van der Waals surface area contributed by atoms with Crippen molar-refractivity contribution in [3.63, 3.8) is 0 Å². The van der Waals surface area contributed by atoms with Crippen LogP contribution >= 0.6 is 0 Å². The fourth-order valence-corrected chi connectivity index (χ4v) is 1.16. The van der Waals surface area contributed by atoms with E-state index < -0.39 is 29.8 Å². The van der Waals surface area contributed by atoms with Gasteiger partial charge in [-0.15, -0.1) is 0 Å². The number of carbonyl (C=O) groups excluding carboxylic acids is 1. The number of carboxylic acid groups (broad SMARTS) is 1. The van der Waals surface area contributed by atoms with Gasteiger partial charge in [0.25, 0.3) is 0 Å². The zero-order chi connectivity index (χ0) is 13.9. The molecule has 98 valence electrons. The smallest absolute Gasteiger partial charge is 0.338 e. The van der Waals surface area contributed by atoms with Crippen molar-refractivity contribution in [2.75, 3.05) is 0 Å². The van der Waals surface area contributed by atoms with Crippen molar-refractivity contribution >= 4 is 11.9 Å². The van der Waals surface area contributed by atoms with Crippen molar-refractivity contribution in [2.45, 2.75) is 19.1 Å². The van der Waals surface area contributed by atoms with Gasteiger partial charge in [-0.05, 0) is 25.1 Å². The first-order chi connectivity index (χ1) is 8.32. The number of carbonyl (C=O) groups is 2. The van der Waals surface area contributed by atoms with Crippen LogP contribution in [-0.2, 0) is 9.53 Å². The second-order valence-corrected chi connectivity index (χ2v) is 3.68. The van der Waals surface area contributed by atoms with Crippen LogP contribution in [0.3, 0.4) is 0 Å². The fraction of sp³-hybridized carbons (Fsp3) is 0.273. The van der Waals surface area contributed by atoms with Crippen LogP contribution in [0, 0.1) is 0 Å². The molecule has 18 heavy (non-hydrogen) atoms. The van der Waals surface area contributed by atoms with Crippen molar-refractivity contribution in [1.82, 2.24) is 0 Å². The fourth-order valence-electron chi connectivity index (χ4n) is 1.16. The van der Waals surface area contributed by atoms with Gasteiger partial charge in [-0.1, -0.05) is 0 Å². The summed E-state index contributed by atoms with van der Waals surface area (Å²) in [6, 6.07) is 2.03. The maximum Gasteiger partial charge on any atom is 0.338 e. The van der Waals surface area contributed by atoms with Crippen molar-refractivity contribution in [2.24, 2.45) is 5.73 Å². The monoisotopic (exact) mass is 255 g/mol. The zero-order valence-electron chi connectivity index (χ0n) is 9.53. The lowest BCUT2D eigenvalue weighted by Gasteiger charge is -2.16. The van der Waals surface area contributed by atoms with E-state index in [-0.39, 0.29) is 11.3 Å². The van der Waals surface area contributed by atoms with Crippen LogP contribution in [0.1, 0.15) is 17.3 Å². The number of rotatable bonds is 4. The van der Waals surface area contributed by atoms with Crippen LogP contribution < -0.4 is 5.73 Å². The Hall–Kier alpha value is -2.28. The molecular formula is C11H13NO6. The molecule has 0 heterocycles. The third kappa shape index (κ3) is 3.11. The van der Waals surface area contributed by atoms with Gasteiger partial charge in [0.05, 0.1) is 5.56 Å². The quantitative estimate of drug-likeness (QED) is 0.442. The highest BCUT2D eigenvalue weighted by atomic mass is 16.5. The van der Waals surface area contributed by atoms with Crippen LogP contribution in [0.25, 0.3) is 0 Å². The van der Waals surface area contributed by atoms with Gasteiger partial charge >= 0.3 is 11.9 Å². The lowest BCUT2D eigenvalue weighted by atomic mass is 10.2. The van der Waals surface area contributed by atoms with Gasteiger partial charge in [0.1, 0.15) is 12.1 Å². The molecule has 0 aliphatic carbocycles. The third-order valence-electron chi connectivity index (χ3n) is 2.29. The molecule has 0 aliphatic heterocycles. The third-order valence-corrected chi connectivity index (χ3v) is 2.29. The second-order valence-electron chi connectivity index (χ2n) is 3.68. The molecule has 0 aliphatic rings. The number of phenols is 2. The molecule has 0 aromatic heterocycles. The van der Waals surface area contributed by atoms with Gasteiger partial charge in [0.2, 0.25) is 0 Å². The number of phenolic OH excluding ortho intramolecular Hbond substituents is 2. The summed E-state index contributed by atoms with van der Waals surface area (Å²) in [7, 11) is 0. The average molecular weight is 255 g/mol. The predicted molar refractivity (Wildman–Crippen MR) is 60.3 cm³/mol. The summed E-state index contributed by atoms with van der Waals surface area (Å²) in [4.78, 5) is 22.2. The molecular weight excluding hydrogens is 242 g/mol. The Morgan fingerprint density at radius 2 is 1.89 bits per heavy atom. The summed E-state index contributed by atoms with van der Waals surface area (Å²) in [6.45, 7) is 1.34. The van der Waals surface area contributed by atoms with Crippen LogP contribution in [0.5, 0.6) is 11.5 Å². The Morgan fingerprint density at radius 1 is 1.28 bits per heavy atom. The molecule has 7 nitrogen and oxygen atoms in total. The van der Waals surface area contributed by atoms with Crippen LogP contribution in [-0.4, -0.2) is 39.4 Å². The minimum absolute atomic E-state index is 0.0188. The first kappa shape index (κ1) is 13.8. The van der Waals surface area contributed by atoms with E-state index in [1.807, 2.05) is 0 Å². The highest BCUT2D eigenvalue weighted by Gasteiger charge is 2.24. The number of hydrogen-bond donors (Lipinski definition) is 4. The molecule has 1 aromatic rings. The normalized spacial score (nSPS) is 13.7. The number of benzene rings is 1. The van der Waals surface area contributed by atoms with Crippen molar-refractivity contribution in [3.8, 4) is 11.5 Å². The molecule has 0 unspecified atom stereocenters. The average Bonchev–Trinajstić information content (AvgIpc) is 2.31. The molecule has 5 N–H and O–H groups in total. The maximum atomic E-state index is 11.6. The van der Waals surface area contributed by atoms with E-state index in [0.717, 1.165) is 12.1 Å². The van der Waals surface area contributed by atoms with Gasteiger partial charge in [-0.2, -0.15) is 0 Å². The first-order valence-electron chi connectivity index (χ1n) is 5.04. The number of esters is 1. The van der Waals surface area contributed by atoms with E-state index in [2.05, 4.69) is 0 Å². The highest BCUT2D eigenvalue weighted by molar-refractivity contribution is 5.90. The molecule has 0 amide bonds. The summed E-state index contributed by atoms with van der Waals surface area (Å²) >= 11 is 0. The Labute approximate surface area is 102 Å². The molecule has 0 radical (unpaired) electrons. The van der Waals surface area contributed by atoms with Crippen molar-refractivity contribution in [3.05, 3.63) is 23.8 Å². The second kappa shape index (κ2) is 5.37. The van der Waals surface area contributed by atoms with E-state index in [9.17, 15) is 14.7 Å². The molecule has 0 saturated heterocycles. The molecule has 0 fully saturated rings. The maximum absolute atomic E-state index is 11.6. The van der Waals surface area contributed by atoms with Gasteiger partial charge in [0.15, 0.2) is 11.5 Å². The molecule has 0 saturated carbocycles. The lowest BCUT2D eigenvalue weighted by molar-refractivity contribution is -0.140. The zero-order valence-corrected chi connectivity index (χ0v) is 9.53. The number of nitrogens with two attached hydrogens (primary N) is 1. The van der Waals surface area contributed by atoms with Crippen molar-refractivity contribution in [1.29, 1.82) is 0 Å². The van der Waals surface area contributed by atoms with Crippen LogP contribution in [0.15, 0.2) is 18.2 Å². The predicted octanol–water partition coefficient (Wildman–Crippen LogP) is 0.0550. The van der Waals surface area contributed by atoms with Gasteiger partial charge in [-0.25, -0.2) is 4.79 Å². The Bertz CT molecular complexity index is 473. The van der Waals surface area contributed by atoms with E-state index in [1.165, 1.54) is 13.0 Å².